The number of amides is 1. The highest BCUT2D eigenvalue weighted by Crippen LogP contribution is 2.39. The van der Waals surface area contributed by atoms with Crippen molar-refractivity contribution in [2.24, 2.45) is 4.99 Å². The lowest BCUT2D eigenvalue weighted by Gasteiger charge is -2.38. The molecule has 0 radical (unpaired) electrons. The molecule has 0 bridgehead atoms. The summed E-state index contributed by atoms with van der Waals surface area (Å²) >= 11 is 0. The van der Waals surface area contributed by atoms with Crippen LogP contribution in [0.2, 0.25) is 0 Å². The molecule has 1 unspecified atom stereocenters. The monoisotopic (exact) mass is 394 g/mol. The molecule has 6 nitrogen and oxygen atoms in total. The molecule has 29 heavy (non-hydrogen) atoms. The lowest BCUT2D eigenvalue weighted by molar-refractivity contribution is 0.0694. The molecule has 3 N–H and O–H groups in total. The fourth-order valence-electron chi connectivity index (χ4n) is 3.54. The van der Waals surface area contributed by atoms with E-state index in [9.17, 15) is 4.79 Å². The molecular weight excluding hydrogens is 364 g/mol. The van der Waals surface area contributed by atoms with Gasteiger partial charge in [-0.1, -0.05) is 35.9 Å². The molecule has 1 atom stereocenters. The SMILES string of the molecule is CN=C(NCCNC(=O)c1cccc(C)c1)NC1CC(C)(C)Oc2ccccc21. The van der Waals surface area contributed by atoms with E-state index in [4.69, 9.17) is 4.74 Å². The summed E-state index contributed by atoms with van der Waals surface area (Å²) in [6.45, 7) is 7.24. The molecule has 3 rings (SSSR count). The quantitative estimate of drug-likeness (QED) is 0.414. The minimum atomic E-state index is -0.257. The molecule has 1 heterocycles. The van der Waals surface area contributed by atoms with E-state index in [1.54, 1.807) is 7.05 Å². The number of guanidine groups is 1. The van der Waals surface area contributed by atoms with Gasteiger partial charge in [0.25, 0.3) is 5.91 Å². The fourth-order valence-corrected chi connectivity index (χ4v) is 3.54. The van der Waals surface area contributed by atoms with Crippen molar-refractivity contribution in [2.75, 3.05) is 20.1 Å². The van der Waals surface area contributed by atoms with Crippen molar-refractivity contribution in [1.82, 2.24) is 16.0 Å². The summed E-state index contributed by atoms with van der Waals surface area (Å²) in [4.78, 5) is 16.6. The van der Waals surface area contributed by atoms with Crippen LogP contribution in [0.4, 0.5) is 0 Å². The predicted molar refractivity (Wildman–Crippen MR) is 117 cm³/mol. The maximum absolute atomic E-state index is 12.2. The van der Waals surface area contributed by atoms with Crippen molar-refractivity contribution in [2.45, 2.75) is 38.8 Å². The third-order valence-electron chi connectivity index (χ3n) is 4.89. The van der Waals surface area contributed by atoms with Crippen LogP contribution < -0.4 is 20.7 Å². The highest BCUT2D eigenvalue weighted by molar-refractivity contribution is 5.94. The average molecular weight is 395 g/mol. The first kappa shape index (κ1) is 20.7. The van der Waals surface area contributed by atoms with Crippen LogP contribution >= 0.6 is 0 Å². The number of rotatable bonds is 5. The summed E-state index contributed by atoms with van der Waals surface area (Å²) in [5.74, 6) is 1.54. The smallest absolute Gasteiger partial charge is 0.251 e. The zero-order valence-corrected chi connectivity index (χ0v) is 17.6. The molecule has 0 fully saturated rings. The maximum atomic E-state index is 12.2. The van der Waals surface area contributed by atoms with Crippen molar-refractivity contribution < 1.29 is 9.53 Å². The molecule has 154 valence electrons. The second-order valence-electron chi connectivity index (χ2n) is 7.92. The first-order chi connectivity index (χ1) is 13.9. The van der Waals surface area contributed by atoms with E-state index in [1.165, 1.54) is 0 Å². The van der Waals surface area contributed by atoms with Gasteiger partial charge in [0.15, 0.2) is 5.96 Å². The lowest BCUT2D eigenvalue weighted by Crippen LogP contribution is -2.46. The Morgan fingerprint density at radius 2 is 1.90 bits per heavy atom. The van der Waals surface area contributed by atoms with E-state index in [-0.39, 0.29) is 17.6 Å². The van der Waals surface area contributed by atoms with Crippen LogP contribution in [0.1, 0.15) is 47.8 Å². The summed E-state index contributed by atoms with van der Waals surface area (Å²) in [6, 6.07) is 15.8. The van der Waals surface area contributed by atoms with Crippen molar-refractivity contribution in [3.05, 3.63) is 65.2 Å². The number of hydrogen-bond donors (Lipinski definition) is 3. The Morgan fingerprint density at radius 1 is 1.14 bits per heavy atom. The van der Waals surface area contributed by atoms with Gasteiger partial charge in [-0.3, -0.25) is 9.79 Å². The minimum absolute atomic E-state index is 0.0708. The van der Waals surface area contributed by atoms with E-state index in [2.05, 4.69) is 40.9 Å². The van der Waals surface area contributed by atoms with Gasteiger partial charge >= 0.3 is 0 Å². The molecule has 0 spiro atoms. The lowest BCUT2D eigenvalue weighted by atomic mass is 9.90. The number of aryl methyl sites for hydroxylation is 1. The van der Waals surface area contributed by atoms with Crippen LogP contribution in [0.15, 0.2) is 53.5 Å². The normalized spacial score (nSPS) is 17.7. The van der Waals surface area contributed by atoms with E-state index in [1.807, 2.05) is 49.4 Å². The third kappa shape index (κ3) is 5.50. The topological polar surface area (TPSA) is 74.8 Å². The van der Waals surface area contributed by atoms with Gasteiger partial charge in [0.2, 0.25) is 0 Å². The van der Waals surface area contributed by atoms with Gasteiger partial charge in [-0.15, -0.1) is 0 Å². The molecule has 1 amide bonds. The van der Waals surface area contributed by atoms with Crippen molar-refractivity contribution in [3.63, 3.8) is 0 Å². The summed E-state index contributed by atoms with van der Waals surface area (Å²) in [6.07, 6.45) is 0.828. The molecule has 0 aliphatic carbocycles. The number of fused-ring (bicyclic) bond motifs is 1. The Labute approximate surface area is 172 Å². The summed E-state index contributed by atoms with van der Waals surface area (Å²) in [5.41, 5.74) is 2.61. The number of para-hydroxylation sites is 1. The number of hydrogen-bond acceptors (Lipinski definition) is 3. The summed E-state index contributed by atoms with van der Waals surface area (Å²) < 4.78 is 6.09. The zero-order valence-electron chi connectivity index (χ0n) is 17.6. The molecule has 0 saturated heterocycles. The molecule has 2 aromatic rings. The molecule has 2 aromatic carbocycles. The van der Waals surface area contributed by atoms with E-state index >= 15 is 0 Å². The molecule has 6 heteroatoms. The Balaban J connectivity index is 1.53. The number of nitrogens with one attached hydrogen (secondary N) is 3. The van der Waals surface area contributed by atoms with Gasteiger partial charge in [0.1, 0.15) is 11.4 Å². The van der Waals surface area contributed by atoms with Gasteiger partial charge in [-0.25, -0.2) is 0 Å². The number of nitrogens with zero attached hydrogens (tertiary/aromatic N) is 1. The van der Waals surface area contributed by atoms with Gasteiger partial charge < -0.3 is 20.7 Å². The third-order valence-corrected chi connectivity index (χ3v) is 4.89. The first-order valence-corrected chi connectivity index (χ1v) is 9.98. The largest absolute Gasteiger partial charge is 0.487 e. The molecule has 0 aromatic heterocycles. The maximum Gasteiger partial charge on any atom is 0.251 e. The Kier molecular flexibility index (Phi) is 6.42. The zero-order chi connectivity index (χ0) is 20.9. The Bertz CT molecular complexity index is 892. The highest BCUT2D eigenvalue weighted by atomic mass is 16.5. The number of ether oxygens (including phenoxy) is 1. The van der Waals surface area contributed by atoms with Crippen molar-refractivity contribution >= 4 is 11.9 Å². The van der Waals surface area contributed by atoms with Gasteiger partial charge in [-0.2, -0.15) is 0 Å². The summed E-state index contributed by atoms with van der Waals surface area (Å²) in [5, 5.41) is 9.70. The van der Waals surface area contributed by atoms with Crippen molar-refractivity contribution in [1.29, 1.82) is 0 Å². The number of carbonyl (C=O) groups excluding carboxylic acids is 1. The fraction of sp³-hybridized carbons (Fsp3) is 0.391. The van der Waals surface area contributed by atoms with Crippen LogP contribution in [0.5, 0.6) is 5.75 Å². The number of carbonyl (C=O) groups is 1. The number of benzene rings is 2. The molecule has 1 aliphatic rings. The molecule has 1 aliphatic heterocycles. The summed E-state index contributed by atoms with van der Waals surface area (Å²) in [7, 11) is 1.75. The predicted octanol–water partition coefficient (Wildman–Crippen LogP) is 3.19. The highest BCUT2D eigenvalue weighted by Gasteiger charge is 2.33. The number of aliphatic imine (C=N–C) groups is 1. The van der Waals surface area contributed by atoms with Crippen LogP contribution in [0.25, 0.3) is 0 Å². The van der Waals surface area contributed by atoms with E-state index in [0.717, 1.165) is 23.3 Å². The van der Waals surface area contributed by atoms with E-state index in [0.29, 0.717) is 24.6 Å². The van der Waals surface area contributed by atoms with Gasteiger partial charge in [0.05, 0.1) is 6.04 Å². The van der Waals surface area contributed by atoms with Crippen LogP contribution in [0, 0.1) is 6.92 Å². The van der Waals surface area contributed by atoms with Crippen LogP contribution in [0.3, 0.4) is 0 Å². The molecular formula is C23H30N4O2. The minimum Gasteiger partial charge on any atom is -0.487 e. The van der Waals surface area contributed by atoms with Gasteiger partial charge in [-0.05, 0) is 39.0 Å². The van der Waals surface area contributed by atoms with E-state index < -0.39 is 0 Å². The first-order valence-electron chi connectivity index (χ1n) is 9.98. The second-order valence-corrected chi connectivity index (χ2v) is 7.92. The average Bonchev–Trinajstić information content (AvgIpc) is 2.69. The van der Waals surface area contributed by atoms with Crippen molar-refractivity contribution in [3.8, 4) is 5.75 Å². The van der Waals surface area contributed by atoms with Crippen LogP contribution in [-0.4, -0.2) is 37.6 Å². The Hall–Kier alpha value is -3.02. The van der Waals surface area contributed by atoms with Gasteiger partial charge in [0, 0.05) is 37.7 Å². The standard InChI is InChI=1S/C23H30N4O2/c1-16-8-7-9-17(14-16)21(28)25-12-13-26-22(24-4)27-19-15-23(2,3)29-20-11-6-5-10-18(19)20/h5-11,14,19H,12-13,15H2,1-4H3,(H,25,28)(H2,24,26,27). The van der Waals surface area contributed by atoms with Crippen LogP contribution in [-0.2, 0) is 0 Å². The molecule has 0 saturated carbocycles. The second kappa shape index (κ2) is 8.99. The Morgan fingerprint density at radius 3 is 2.66 bits per heavy atom.